The van der Waals surface area contributed by atoms with E-state index in [1.54, 1.807) is 31.0 Å². The highest BCUT2D eigenvalue weighted by molar-refractivity contribution is 7.16. The predicted octanol–water partition coefficient (Wildman–Crippen LogP) is 5.32. The largest absolute Gasteiger partial charge is 0.457 e. The molecular formula is C28H24N4O3S. The molecule has 0 aliphatic carbocycles. The fourth-order valence-electron chi connectivity index (χ4n) is 4.65. The van der Waals surface area contributed by atoms with Gasteiger partial charge in [-0.2, -0.15) is 0 Å². The number of nitrogens with one attached hydrogen (secondary N) is 1. The number of pyridine rings is 3. The Balaban J connectivity index is 1.47. The van der Waals surface area contributed by atoms with E-state index < -0.39 is 11.9 Å². The molecule has 36 heavy (non-hydrogen) atoms. The average molecular weight is 497 g/mol. The molecule has 7 nitrogen and oxygen atoms in total. The first kappa shape index (κ1) is 23.6. The van der Waals surface area contributed by atoms with Crippen molar-refractivity contribution in [1.29, 1.82) is 0 Å². The van der Waals surface area contributed by atoms with Gasteiger partial charge in [0.15, 0.2) is 5.78 Å². The van der Waals surface area contributed by atoms with Gasteiger partial charge in [0, 0.05) is 70.4 Å². The second-order valence-corrected chi connectivity index (χ2v) is 9.49. The summed E-state index contributed by atoms with van der Waals surface area (Å²) in [7, 11) is 0. The maximum atomic E-state index is 13.6. The average Bonchev–Trinajstić information content (AvgIpc) is 3.31. The summed E-state index contributed by atoms with van der Waals surface area (Å²) >= 11 is 1.49. The Bertz CT molecular complexity index is 1540. The molecule has 1 aliphatic heterocycles. The first-order valence-corrected chi connectivity index (χ1v) is 12.3. The van der Waals surface area contributed by atoms with Gasteiger partial charge < -0.3 is 10.1 Å². The van der Waals surface area contributed by atoms with Gasteiger partial charge in [0.1, 0.15) is 11.4 Å². The number of hydrogen-bond acceptors (Lipinski definition) is 8. The van der Waals surface area contributed by atoms with Crippen LogP contribution in [0.25, 0.3) is 21.3 Å². The van der Waals surface area contributed by atoms with E-state index in [9.17, 15) is 9.59 Å². The van der Waals surface area contributed by atoms with Crippen LogP contribution in [0.2, 0.25) is 0 Å². The number of ether oxygens (including phenoxy) is 1. The SMILES string of the molecule is CC(=O)C1=C(C)NC(C)=C(C(=O)OCc2cncc(-c3ccncc3)c2)C1c1csc2ncccc12. The van der Waals surface area contributed by atoms with E-state index in [1.165, 1.54) is 18.3 Å². The number of ketones is 1. The van der Waals surface area contributed by atoms with Crippen molar-refractivity contribution in [1.82, 2.24) is 20.3 Å². The lowest BCUT2D eigenvalue weighted by Gasteiger charge is -2.30. The number of Topliss-reactive ketones (excluding diaryl/α,β-unsaturated/α-hetero) is 1. The van der Waals surface area contributed by atoms with Crippen LogP contribution in [-0.2, 0) is 20.9 Å². The number of hydrogen-bond donors (Lipinski definition) is 1. The van der Waals surface area contributed by atoms with Crippen LogP contribution < -0.4 is 5.32 Å². The number of carbonyl (C=O) groups excluding carboxylic acids is 2. The van der Waals surface area contributed by atoms with E-state index in [0.29, 0.717) is 16.8 Å². The van der Waals surface area contributed by atoms with E-state index in [-0.39, 0.29) is 12.4 Å². The topological polar surface area (TPSA) is 94.1 Å². The summed E-state index contributed by atoms with van der Waals surface area (Å²) in [5.41, 5.74) is 5.91. The van der Waals surface area contributed by atoms with Crippen LogP contribution in [0, 0.1) is 0 Å². The molecule has 180 valence electrons. The molecule has 4 aromatic rings. The molecule has 0 radical (unpaired) electrons. The summed E-state index contributed by atoms with van der Waals surface area (Å²) < 4.78 is 5.80. The van der Waals surface area contributed by atoms with Crippen LogP contribution in [0.3, 0.4) is 0 Å². The molecule has 8 heteroatoms. The molecule has 0 saturated heterocycles. The maximum Gasteiger partial charge on any atom is 0.337 e. The van der Waals surface area contributed by atoms with Gasteiger partial charge in [-0.1, -0.05) is 6.07 Å². The predicted molar refractivity (Wildman–Crippen MR) is 139 cm³/mol. The van der Waals surface area contributed by atoms with E-state index >= 15 is 0 Å². The lowest BCUT2D eigenvalue weighted by molar-refractivity contribution is -0.140. The molecule has 0 amide bonds. The van der Waals surface area contributed by atoms with Crippen molar-refractivity contribution in [3.63, 3.8) is 0 Å². The molecule has 1 atom stereocenters. The Morgan fingerprint density at radius 1 is 1.00 bits per heavy atom. The number of carbonyl (C=O) groups is 2. The summed E-state index contributed by atoms with van der Waals surface area (Å²) in [5, 5.41) is 6.12. The molecule has 0 spiro atoms. The van der Waals surface area contributed by atoms with Crippen LogP contribution >= 0.6 is 11.3 Å². The molecule has 0 saturated carbocycles. The summed E-state index contributed by atoms with van der Waals surface area (Å²) in [6, 6.07) is 9.57. The lowest BCUT2D eigenvalue weighted by Crippen LogP contribution is -2.31. The fraction of sp³-hybridized carbons (Fsp3) is 0.179. The molecule has 0 fully saturated rings. The highest BCUT2D eigenvalue weighted by Gasteiger charge is 2.37. The first-order chi connectivity index (χ1) is 17.4. The van der Waals surface area contributed by atoms with Gasteiger partial charge in [-0.25, -0.2) is 9.78 Å². The highest BCUT2D eigenvalue weighted by Crippen LogP contribution is 2.43. The van der Waals surface area contributed by atoms with E-state index in [4.69, 9.17) is 4.74 Å². The van der Waals surface area contributed by atoms with Crippen LogP contribution in [0.15, 0.2) is 89.2 Å². The van der Waals surface area contributed by atoms with Gasteiger partial charge in [-0.15, -0.1) is 11.3 Å². The van der Waals surface area contributed by atoms with Crippen molar-refractivity contribution in [2.45, 2.75) is 33.3 Å². The molecular weight excluding hydrogens is 472 g/mol. The normalized spacial score (nSPS) is 15.7. The van der Waals surface area contributed by atoms with Crippen molar-refractivity contribution in [3.05, 3.63) is 100 Å². The quantitative estimate of drug-likeness (QED) is 0.361. The summed E-state index contributed by atoms with van der Waals surface area (Å²) in [6.45, 7) is 5.28. The van der Waals surface area contributed by atoms with E-state index in [2.05, 4.69) is 20.3 Å². The van der Waals surface area contributed by atoms with Gasteiger partial charge in [0.25, 0.3) is 0 Å². The third-order valence-electron chi connectivity index (χ3n) is 6.23. The minimum Gasteiger partial charge on any atom is -0.457 e. The zero-order valence-electron chi connectivity index (χ0n) is 20.1. The number of esters is 1. The lowest BCUT2D eigenvalue weighted by atomic mass is 9.79. The number of allylic oxidation sites excluding steroid dienone is 3. The van der Waals surface area contributed by atoms with Crippen LogP contribution in [0.5, 0.6) is 0 Å². The first-order valence-electron chi connectivity index (χ1n) is 11.5. The van der Waals surface area contributed by atoms with Crippen molar-refractivity contribution < 1.29 is 14.3 Å². The number of fused-ring (bicyclic) bond motifs is 1. The number of aromatic nitrogens is 3. The minimum absolute atomic E-state index is 0.0539. The fourth-order valence-corrected chi connectivity index (χ4v) is 5.58. The van der Waals surface area contributed by atoms with Crippen LogP contribution in [0.4, 0.5) is 0 Å². The van der Waals surface area contributed by atoms with Gasteiger partial charge in [0.2, 0.25) is 0 Å². The second-order valence-electron chi connectivity index (χ2n) is 8.63. The van der Waals surface area contributed by atoms with Gasteiger partial charge >= 0.3 is 5.97 Å². The molecule has 0 bridgehead atoms. The van der Waals surface area contributed by atoms with Crippen LogP contribution in [0.1, 0.15) is 37.8 Å². The van der Waals surface area contributed by atoms with Crippen molar-refractivity contribution >= 4 is 33.3 Å². The van der Waals surface area contributed by atoms with E-state index in [1.807, 2.05) is 49.6 Å². The zero-order chi connectivity index (χ0) is 25.2. The zero-order valence-corrected chi connectivity index (χ0v) is 20.9. The van der Waals surface area contributed by atoms with Crippen molar-refractivity contribution in [2.24, 2.45) is 0 Å². The molecule has 4 aromatic heterocycles. The summed E-state index contributed by atoms with van der Waals surface area (Å²) in [5.74, 6) is -1.12. The molecule has 1 aliphatic rings. The Labute approximate surface area is 212 Å². The molecule has 0 aromatic carbocycles. The third kappa shape index (κ3) is 4.43. The second kappa shape index (κ2) is 9.83. The molecule has 5 rings (SSSR count). The molecule has 1 N–H and O–H groups in total. The minimum atomic E-state index is -0.546. The van der Waals surface area contributed by atoms with Crippen molar-refractivity contribution in [2.75, 3.05) is 0 Å². The Morgan fingerprint density at radius 2 is 1.78 bits per heavy atom. The number of thiophene rings is 1. The number of rotatable bonds is 6. The Kier molecular flexibility index (Phi) is 6.43. The van der Waals surface area contributed by atoms with E-state index in [0.717, 1.165) is 38.2 Å². The van der Waals surface area contributed by atoms with Gasteiger partial charge in [0.05, 0.1) is 5.57 Å². The standard InChI is InChI=1S/C28H24N4O3S/c1-16-24(18(3)33)26(23-15-36-27-22(23)5-4-8-31-27)25(17(2)32-16)28(34)35-14-19-11-21(13-30-12-19)20-6-9-29-10-7-20/h4-13,15,26,32H,14H2,1-3H3. The van der Waals surface area contributed by atoms with Crippen molar-refractivity contribution in [3.8, 4) is 11.1 Å². The monoisotopic (exact) mass is 496 g/mol. The van der Waals surface area contributed by atoms with Gasteiger partial charge in [-0.3, -0.25) is 14.8 Å². The molecule has 5 heterocycles. The summed E-state index contributed by atoms with van der Waals surface area (Å²) in [6.07, 6.45) is 8.62. The third-order valence-corrected chi connectivity index (χ3v) is 7.15. The van der Waals surface area contributed by atoms with Crippen LogP contribution in [-0.4, -0.2) is 26.7 Å². The molecule has 1 unspecified atom stereocenters. The number of dihydropyridines is 1. The Morgan fingerprint density at radius 3 is 2.56 bits per heavy atom. The maximum absolute atomic E-state index is 13.6. The highest BCUT2D eigenvalue weighted by atomic mass is 32.1. The summed E-state index contributed by atoms with van der Waals surface area (Å²) in [4.78, 5) is 40.0. The Hall–Kier alpha value is -4.17. The van der Waals surface area contributed by atoms with Gasteiger partial charge in [-0.05, 0) is 61.5 Å². The number of nitrogens with zero attached hydrogens (tertiary/aromatic N) is 3. The smallest absolute Gasteiger partial charge is 0.337 e.